The molecule has 0 atom stereocenters. The van der Waals surface area contributed by atoms with Crippen LogP contribution in [0.4, 0.5) is 0 Å². The van der Waals surface area contributed by atoms with Gasteiger partial charge in [-0.05, 0) is 11.5 Å². The zero-order valence-corrected chi connectivity index (χ0v) is 17.1. The Bertz CT molecular complexity index is 728. The molecule has 1 aromatic heterocycles. The SMILES string of the molecule is CC(C)C(=O)N1CCN(Cc2csc(-c3ccc(C(C)C)cc3)n2)CC1. The summed E-state index contributed by atoms with van der Waals surface area (Å²) in [6.07, 6.45) is 0. The molecule has 0 saturated carbocycles. The second-order valence-corrected chi connectivity index (χ2v) is 8.53. The standard InChI is InChI=1S/C21H29N3OS/c1-15(2)17-5-7-18(8-6-17)20-22-19(14-26-20)13-23-9-11-24(12-10-23)21(25)16(3)4/h5-8,14-16H,9-13H2,1-4H3. The van der Waals surface area contributed by atoms with Gasteiger partial charge in [0, 0.05) is 49.6 Å². The van der Waals surface area contributed by atoms with Gasteiger partial charge < -0.3 is 4.90 Å². The molecule has 2 heterocycles. The number of aromatic nitrogens is 1. The summed E-state index contributed by atoms with van der Waals surface area (Å²) in [5.41, 5.74) is 3.68. The average Bonchev–Trinajstić information content (AvgIpc) is 3.10. The van der Waals surface area contributed by atoms with Crippen molar-refractivity contribution in [2.45, 2.75) is 40.2 Å². The van der Waals surface area contributed by atoms with Crippen molar-refractivity contribution in [3.8, 4) is 10.6 Å². The number of benzene rings is 1. The predicted octanol–water partition coefficient (Wildman–Crippen LogP) is 4.23. The van der Waals surface area contributed by atoms with Crippen molar-refractivity contribution >= 4 is 17.2 Å². The summed E-state index contributed by atoms with van der Waals surface area (Å²) < 4.78 is 0. The van der Waals surface area contributed by atoms with Crippen molar-refractivity contribution in [2.75, 3.05) is 26.2 Å². The molecule has 0 unspecified atom stereocenters. The van der Waals surface area contributed by atoms with Gasteiger partial charge in [-0.3, -0.25) is 9.69 Å². The normalized spacial score (nSPS) is 15.8. The van der Waals surface area contributed by atoms with Crippen molar-refractivity contribution in [1.29, 1.82) is 0 Å². The maximum absolute atomic E-state index is 12.1. The summed E-state index contributed by atoms with van der Waals surface area (Å²) in [6, 6.07) is 8.75. The van der Waals surface area contributed by atoms with E-state index >= 15 is 0 Å². The molecular formula is C21H29N3OS. The van der Waals surface area contributed by atoms with Crippen LogP contribution in [0.1, 0.15) is 44.9 Å². The Morgan fingerprint density at radius 3 is 2.31 bits per heavy atom. The van der Waals surface area contributed by atoms with Crippen LogP contribution < -0.4 is 0 Å². The molecule has 3 rings (SSSR count). The number of hydrogen-bond donors (Lipinski definition) is 0. The molecule has 4 nitrogen and oxygen atoms in total. The van der Waals surface area contributed by atoms with Crippen molar-refractivity contribution in [1.82, 2.24) is 14.8 Å². The average molecular weight is 372 g/mol. The summed E-state index contributed by atoms with van der Waals surface area (Å²) >= 11 is 1.71. The van der Waals surface area contributed by atoms with Crippen molar-refractivity contribution in [3.05, 3.63) is 40.9 Å². The lowest BCUT2D eigenvalue weighted by molar-refractivity contribution is -0.136. The first kappa shape index (κ1) is 19.1. The molecule has 140 valence electrons. The quantitative estimate of drug-likeness (QED) is 0.789. The fourth-order valence-electron chi connectivity index (χ4n) is 3.24. The maximum atomic E-state index is 12.1. The molecule has 0 spiro atoms. The van der Waals surface area contributed by atoms with Crippen LogP contribution >= 0.6 is 11.3 Å². The summed E-state index contributed by atoms with van der Waals surface area (Å²) in [5.74, 6) is 0.910. The summed E-state index contributed by atoms with van der Waals surface area (Å²) in [4.78, 5) is 21.3. The van der Waals surface area contributed by atoms with Crippen LogP contribution in [-0.2, 0) is 11.3 Å². The van der Waals surface area contributed by atoms with Gasteiger partial charge in [0.1, 0.15) is 5.01 Å². The molecule has 0 radical (unpaired) electrons. The minimum absolute atomic E-state index is 0.0877. The first-order chi connectivity index (χ1) is 12.4. The van der Waals surface area contributed by atoms with Crippen LogP contribution in [0.25, 0.3) is 10.6 Å². The van der Waals surface area contributed by atoms with E-state index in [1.54, 1.807) is 11.3 Å². The van der Waals surface area contributed by atoms with Gasteiger partial charge in [-0.1, -0.05) is 52.0 Å². The topological polar surface area (TPSA) is 36.4 Å². The van der Waals surface area contributed by atoms with Gasteiger partial charge in [0.15, 0.2) is 0 Å². The van der Waals surface area contributed by atoms with Crippen LogP contribution in [0.3, 0.4) is 0 Å². The molecular weight excluding hydrogens is 342 g/mol. The van der Waals surface area contributed by atoms with E-state index < -0.39 is 0 Å². The fourth-order valence-corrected chi connectivity index (χ4v) is 4.06. The zero-order chi connectivity index (χ0) is 18.7. The Hall–Kier alpha value is -1.72. The number of rotatable bonds is 5. The first-order valence-corrected chi connectivity index (χ1v) is 10.4. The highest BCUT2D eigenvalue weighted by Crippen LogP contribution is 2.26. The van der Waals surface area contributed by atoms with Gasteiger partial charge in [0.2, 0.25) is 5.91 Å². The molecule has 1 saturated heterocycles. The Morgan fingerprint density at radius 2 is 1.73 bits per heavy atom. The predicted molar refractivity (Wildman–Crippen MR) is 108 cm³/mol. The molecule has 0 aliphatic carbocycles. The van der Waals surface area contributed by atoms with E-state index in [1.165, 1.54) is 11.1 Å². The van der Waals surface area contributed by atoms with Crippen LogP contribution in [0.2, 0.25) is 0 Å². The van der Waals surface area contributed by atoms with E-state index in [9.17, 15) is 4.79 Å². The molecule has 0 bridgehead atoms. The van der Waals surface area contributed by atoms with Gasteiger partial charge in [0.05, 0.1) is 5.69 Å². The number of piperazine rings is 1. The van der Waals surface area contributed by atoms with Crippen molar-refractivity contribution < 1.29 is 4.79 Å². The van der Waals surface area contributed by atoms with Crippen molar-refractivity contribution in [3.63, 3.8) is 0 Å². The van der Waals surface area contributed by atoms with Crippen molar-refractivity contribution in [2.24, 2.45) is 5.92 Å². The minimum Gasteiger partial charge on any atom is -0.340 e. The number of thiazole rings is 1. The van der Waals surface area contributed by atoms with E-state index in [0.717, 1.165) is 43.4 Å². The maximum Gasteiger partial charge on any atom is 0.225 e. The van der Waals surface area contributed by atoms with Crippen LogP contribution in [0, 0.1) is 5.92 Å². The summed E-state index contributed by atoms with van der Waals surface area (Å²) in [5, 5.41) is 3.25. The molecule has 1 aliphatic rings. The third-order valence-corrected chi connectivity index (χ3v) is 5.88. The van der Waals surface area contributed by atoms with Crippen LogP contribution in [0.15, 0.2) is 29.6 Å². The number of carbonyl (C=O) groups is 1. The fraction of sp³-hybridized carbons (Fsp3) is 0.524. The van der Waals surface area contributed by atoms with Gasteiger partial charge in [0.25, 0.3) is 0 Å². The van der Waals surface area contributed by atoms with Gasteiger partial charge in [-0.15, -0.1) is 11.3 Å². The molecule has 26 heavy (non-hydrogen) atoms. The number of amides is 1. The highest BCUT2D eigenvalue weighted by molar-refractivity contribution is 7.13. The Balaban J connectivity index is 1.57. The molecule has 1 aliphatic heterocycles. The van der Waals surface area contributed by atoms with Gasteiger partial charge >= 0.3 is 0 Å². The molecule has 1 amide bonds. The lowest BCUT2D eigenvalue weighted by atomic mass is 10.0. The Kier molecular flexibility index (Phi) is 6.09. The molecule has 5 heteroatoms. The molecule has 1 aromatic carbocycles. The summed E-state index contributed by atoms with van der Waals surface area (Å²) in [6.45, 7) is 12.7. The minimum atomic E-state index is 0.0877. The zero-order valence-electron chi connectivity index (χ0n) is 16.2. The first-order valence-electron chi connectivity index (χ1n) is 9.50. The van der Waals surface area contributed by atoms with Gasteiger partial charge in [-0.2, -0.15) is 0 Å². The van der Waals surface area contributed by atoms with E-state index in [2.05, 4.69) is 48.4 Å². The lowest BCUT2D eigenvalue weighted by Gasteiger charge is -2.35. The smallest absolute Gasteiger partial charge is 0.225 e. The third kappa shape index (κ3) is 4.51. The largest absolute Gasteiger partial charge is 0.340 e. The second-order valence-electron chi connectivity index (χ2n) is 7.68. The monoisotopic (exact) mass is 371 g/mol. The highest BCUT2D eigenvalue weighted by Gasteiger charge is 2.23. The van der Waals surface area contributed by atoms with E-state index in [-0.39, 0.29) is 11.8 Å². The van der Waals surface area contributed by atoms with Crippen LogP contribution in [-0.4, -0.2) is 46.9 Å². The Labute approximate surface area is 160 Å². The lowest BCUT2D eigenvalue weighted by Crippen LogP contribution is -2.49. The van der Waals surface area contributed by atoms with E-state index in [4.69, 9.17) is 4.98 Å². The van der Waals surface area contributed by atoms with E-state index in [1.807, 2.05) is 18.7 Å². The van der Waals surface area contributed by atoms with E-state index in [0.29, 0.717) is 5.92 Å². The number of carbonyl (C=O) groups excluding carboxylic acids is 1. The number of nitrogens with zero attached hydrogens (tertiary/aromatic N) is 3. The molecule has 1 fully saturated rings. The highest BCUT2D eigenvalue weighted by atomic mass is 32.1. The van der Waals surface area contributed by atoms with Crippen LogP contribution in [0.5, 0.6) is 0 Å². The molecule has 0 N–H and O–H groups in total. The number of hydrogen-bond acceptors (Lipinski definition) is 4. The Morgan fingerprint density at radius 1 is 1.08 bits per heavy atom. The second kappa shape index (κ2) is 8.31. The molecule has 2 aromatic rings. The summed E-state index contributed by atoms with van der Waals surface area (Å²) in [7, 11) is 0. The third-order valence-electron chi connectivity index (χ3n) is 4.94. The van der Waals surface area contributed by atoms with Gasteiger partial charge in [-0.25, -0.2) is 4.98 Å².